The Labute approximate surface area is 186 Å². The molecule has 2 fully saturated rings. The van der Waals surface area contributed by atoms with Gasteiger partial charge in [-0.25, -0.2) is 0 Å². The first kappa shape index (κ1) is 22.6. The van der Waals surface area contributed by atoms with E-state index in [1.165, 1.54) is 87.7 Å². The van der Waals surface area contributed by atoms with Crippen molar-refractivity contribution in [2.45, 2.75) is 71.3 Å². The van der Waals surface area contributed by atoms with E-state index in [1.807, 2.05) is 6.07 Å². The van der Waals surface area contributed by atoms with Crippen LogP contribution in [0.2, 0.25) is 5.02 Å². The molecular formula is C24H38BrClN2. The quantitative estimate of drug-likeness (QED) is 0.420. The van der Waals surface area contributed by atoms with Crippen molar-refractivity contribution >= 4 is 27.5 Å². The molecule has 0 radical (unpaired) electrons. The minimum absolute atomic E-state index is 0.801. The van der Waals surface area contributed by atoms with Crippen molar-refractivity contribution in [3.8, 4) is 0 Å². The van der Waals surface area contributed by atoms with E-state index < -0.39 is 0 Å². The van der Waals surface area contributed by atoms with Gasteiger partial charge in [0.25, 0.3) is 0 Å². The molecule has 1 heterocycles. The predicted molar refractivity (Wildman–Crippen MR) is 125 cm³/mol. The van der Waals surface area contributed by atoms with Gasteiger partial charge in [0.2, 0.25) is 0 Å². The van der Waals surface area contributed by atoms with E-state index in [0.717, 1.165) is 29.3 Å². The SMILES string of the molecule is CCN(CC)[C@H]1CC[C@H](CCN2CCC(Cc3cc(Cl)ccc3Br)CC2)CC1. The van der Waals surface area contributed by atoms with E-state index in [4.69, 9.17) is 11.6 Å². The maximum Gasteiger partial charge on any atom is 0.0409 e. The lowest BCUT2D eigenvalue weighted by Gasteiger charge is -2.37. The molecule has 0 amide bonds. The van der Waals surface area contributed by atoms with E-state index in [1.54, 1.807) is 0 Å². The van der Waals surface area contributed by atoms with Gasteiger partial charge in [-0.15, -0.1) is 0 Å². The van der Waals surface area contributed by atoms with Gasteiger partial charge in [0.1, 0.15) is 0 Å². The fourth-order valence-electron chi connectivity index (χ4n) is 5.33. The lowest BCUT2D eigenvalue weighted by Crippen LogP contribution is -2.39. The summed E-state index contributed by atoms with van der Waals surface area (Å²) in [7, 11) is 0. The lowest BCUT2D eigenvalue weighted by atomic mass is 9.83. The molecule has 1 saturated carbocycles. The average Bonchev–Trinajstić information content (AvgIpc) is 2.72. The zero-order valence-electron chi connectivity index (χ0n) is 17.8. The summed E-state index contributed by atoms with van der Waals surface area (Å²) in [5.74, 6) is 1.77. The number of nitrogens with zero attached hydrogens (tertiary/aromatic N) is 2. The predicted octanol–water partition coefficient (Wildman–Crippen LogP) is 6.65. The van der Waals surface area contributed by atoms with Crippen LogP contribution in [0.15, 0.2) is 22.7 Å². The molecule has 1 aromatic rings. The van der Waals surface area contributed by atoms with Crippen LogP contribution in [0.25, 0.3) is 0 Å². The van der Waals surface area contributed by atoms with Gasteiger partial charge in [0.15, 0.2) is 0 Å². The van der Waals surface area contributed by atoms with Crippen molar-refractivity contribution in [2.75, 3.05) is 32.7 Å². The molecule has 158 valence electrons. The molecule has 0 unspecified atom stereocenters. The first-order valence-corrected chi connectivity index (χ1v) is 12.7. The number of halogens is 2. The van der Waals surface area contributed by atoms with E-state index in [-0.39, 0.29) is 0 Å². The maximum absolute atomic E-state index is 6.18. The number of hydrogen-bond donors (Lipinski definition) is 0. The highest BCUT2D eigenvalue weighted by Crippen LogP contribution is 2.31. The summed E-state index contributed by atoms with van der Waals surface area (Å²) in [5.41, 5.74) is 1.37. The normalized spacial score (nSPS) is 24.8. The second-order valence-corrected chi connectivity index (χ2v) is 10.2. The summed E-state index contributed by atoms with van der Waals surface area (Å²) < 4.78 is 1.21. The summed E-state index contributed by atoms with van der Waals surface area (Å²) >= 11 is 9.87. The van der Waals surface area contributed by atoms with Crippen LogP contribution in [0.4, 0.5) is 0 Å². The van der Waals surface area contributed by atoms with Crippen molar-refractivity contribution in [3.63, 3.8) is 0 Å². The maximum atomic E-state index is 6.18. The molecule has 3 rings (SSSR count). The van der Waals surface area contributed by atoms with Gasteiger partial charge in [0.05, 0.1) is 0 Å². The van der Waals surface area contributed by atoms with Crippen LogP contribution in [0, 0.1) is 11.8 Å². The molecule has 1 aliphatic heterocycles. The molecule has 0 spiro atoms. The Hall–Kier alpha value is -0.0900. The Balaban J connectivity index is 1.34. The standard InChI is InChI=1S/C24H38BrClN2/c1-3-28(4-2)23-8-5-19(6-9-23)11-14-27-15-12-20(13-16-27)17-21-18-22(26)7-10-24(21)25/h7,10,18-20,23H,3-6,8-9,11-17H2,1-2H3/t19-,23-. The van der Waals surface area contributed by atoms with E-state index in [2.05, 4.69) is 51.7 Å². The van der Waals surface area contributed by atoms with Crippen LogP contribution >= 0.6 is 27.5 Å². The van der Waals surface area contributed by atoms with Gasteiger partial charge in [0, 0.05) is 15.5 Å². The molecule has 0 bridgehead atoms. The Kier molecular flexibility index (Phi) is 9.15. The highest BCUT2D eigenvalue weighted by molar-refractivity contribution is 9.10. The molecule has 1 saturated heterocycles. The van der Waals surface area contributed by atoms with Crippen LogP contribution in [-0.4, -0.2) is 48.6 Å². The first-order valence-electron chi connectivity index (χ1n) is 11.5. The lowest BCUT2D eigenvalue weighted by molar-refractivity contribution is 0.130. The highest BCUT2D eigenvalue weighted by atomic mass is 79.9. The summed E-state index contributed by atoms with van der Waals surface area (Å²) in [6.45, 7) is 10.9. The summed E-state index contributed by atoms with van der Waals surface area (Å²) in [5, 5.41) is 0.853. The monoisotopic (exact) mass is 468 g/mol. The second kappa shape index (κ2) is 11.3. The van der Waals surface area contributed by atoms with Gasteiger partial charge in [-0.2, -0.15) is 0 Å². The van der Waals surface area contributed by atoms with Crippen LogP contribution < -0.4 is 0 Å². The largest absolute Gasteiger partial charge is 0.303 e. The van der Waals surface area contributed by atoms with Gasteiger partial charge in [-0.3, -0.25) is 0 Å². The zero-order chi connectivity index (χ0) is 19.9. The number of hydrogen-bond acceptors (Lipinski definition) is 2. The third-order valence-corrected chi connectivity index (χ3v) is 8.23. The van der Waals surface area contributed by atoms with E-state index >= 15 is 0 Å². The molecule has 28 heavy (non-hydrogen) atoms. The Morgan fingerprint density at radius 2 is 1.68 bits per heavy atom. The van der Waals surface area contributed by atoms with Crippen molar-refractivity contribution in [2.24, 2.45) is 11.8 Å². The topological polar surface area (TPSA) is 6.48 Å². The molecule has 0 aromatic heterocycles. The summed E-state index contributed by atoms with van der Waals surface area (Å²) in [6.07, 6.45) is 11.0. The fraction of sp³-hybridized carbons (Fsp3) is 0.750. The molecule has 0 atom stereocenters. The van der Waals surface area contributed by atoms with Gasteiger partial charge in [-0.1, -0.05) is 41.4 Å². The molecule has 0 N–H and O–H groups in total. The van der Waals surface area contributed by atoms with Gasteiger partial charge in [-0.05, 0) is 120 Å². The Morgan fingerprint density at radius 1 is 1.00 bits per heavy atom. The Morgan fingerprint density at radius 3 is 2.32 bits per heavy atom. The van der Waals surface area contributed by atoms with Crippen molar-refractivity contribution in [1.29, 1.82) is 0 Å². The molecular weight excluding hydrogens is 432 g/mol. The number of likely N-dealkylation sites (tertiary alicyclic amines) is 1. The first-order chi connectivity index (χ1) is 13.6. The minimum Gasteiger partial charge on any atom is -0.303 e. The smallest absolute Gasteiger partial charge is 0.0409 e. The number of benzene rings is 1. The van der Waals surface area contributed by atoms with Crippen LogP contribution in [0.1, 0.15) is 64.4 Å². The minimum atomic E-state index is 0.801. The van der Waals surface area contributed by atoms with Crippen LogP contribution in [0.5, 0.6) is 0 Å². The van der Waals surface area contributed by atoms with E-state index in [9.17, 15) is 0 Å². The zero-order valence-corrected chi connectivity index (χ0v) is 20.1. The molecule has 1 aliphatic carbocycles. The number of piperidine rings is 1. The Bertz CT molecular complexity index is 588. The average molecular weight is 470 g/mol. The van der Waals surface area contributed by atoms with E-state index in [0.29, 0.717) is 0 Å². The molecule has 2 nitrogen and oxygen atoms in total. The fourth-order valence-corrected chi connectivity index (χ4v) is 5.93. The third-order valence-electron chi connectivity index (χ3n) is 7.22. The molecule has 4 heteroatoms. The summed E-state index contributed by atoms with van der Waals surface area (Å²) in [6, 6.07) is 7.04. The second-order valence-electron chi connectivity index (χ2n) is 8.91. The van der Waals surface area contributed by atoms with Crippen LogP contribution in [-0.2, 0) is 6.42 Å². The molecule has 2 aliphatic rings. The molecule has 1 aromatic carbocycles. The van der Waals surface area contributed by atoms with Crippen molar-refractivity contribution in [3.05, 3.63) is 33.3 Å². The summed E-state index contributed by atoms with van der Waals surface area (Å²) in [4.78, 5) is 5.39. The number of rotatable bonds is 8. The van der Waals surface area contributed by atoms with Crippen molar-refractivity contribution < 1.29 is 0 Å². The van der Waals surface area contributed by atoms with Gasteiger partial charge >= 0.3 is 0 Å². The highest BCUT2D eigenvalue weighted by Gasteiger charge is 2.25. The van der Waals surface area contributed by atoms with Gasteiger partial charge < -0.3 is 9.80 Å². The van der Waals surface area contributed by atoms with Crippen molar-refractivity contribution in [1.82, 2.24) is 9.80 Å². The third kappa shape index (κ3) is 6.45. The van der Waals surface area contributed by atoms with Crippen LogP contribution in [0.3, 0.4) is 0 Å².